The zero-order valence-corrected chi connectivity index (χ0v) is 9.93. The van der Waals surface area contributed by atoms with E-state index in [-0.39, 0.29) is 6.61 Å². The van der Waals surface area contributed by atoms with Crippen molar-refractivity contribution < 1.29 is 18.3 Å². The fourth-order valence-corrected chi connectivity index (χ4v) is 2.46. The van der Waals surface area contributed by atoms with Crippen molar-refractivity contribution >= 4 is 0 Å². The van der Waals surface area contributed by atoms with E-state index in [4.69, 9.17) is 0 Å². The number of hydrogen-bond donors (Lipinski definition) is 2. The van der Waals surface area contributed by atoms with E-state index in [1.54, 1.807) is 0 Å². The Labute approximate surface area is 104 Å². The largest absolute Gasteiger partial charge is 0.416 e. The number of aliphatic hydroxyl groups is 1. The summed E-state index contributed by atoms with van der Waals surface area (Å²) in [5, 5.41) is 12.8. The van der Waals surface area contributed by atoms with Gasteiger partial charge in [0.1, 0.15) is 0 Å². The minimum Gasteiger partial charge on any atom is -0.395 e. The average Bonchev–Trinajstić information content (AvgIpc) is 2.39. The van der Waals surface area contributed by atoms with Gasteiger partial charge in [-0.15, -0.1) is 0 Å². The molecule has 0 radical (unpaired) electrons. The van der Waals surface area contributed by atoms with Crippen LogP contribution in [-0.4, -0.2) is 24.8 Å². The van der Waals surface area contributed by atoms with Gasteiger partial charge in [0.2, 0.25) is 0 Å². The van der Waals surface area contributed by atoms with Crippen molar-refractivity contribution in [3.05, 3.63) is 35.4 Å². The minimum absolute atomic E-state index is 0.0277. The summed E-state index contributed by atoms with van der Waals surface area (Å²) in [5.41, 5.74) is -0.247. The summed E-state index contributed by atoms with van der Waals surface area (Å²) < 4.78 is 37.4. The lowest BCUT2D eigenvalue weighted by atomic mass is 9.74. The van der Waals surface area contributed by atoms with E-state index in [0.29, 0.717) is 0 Å². The highest BCUT2D eigenvalue weighted by atomic mass is 19.4. The molecular formula is C13H16F3NO. The molecule has 0 spiro atoms. The first-order chi connectivity index (χ1) is 8.48. The molecule has 2 nitrogen and oxygen atoms in total. The molecule has 5 heteroatoms. The molecule has 0 aromatic heterocycles. The van der Waals surface area contributed by atoms with Crippen LogP contribution in [0.4, 0.5) is 13.2 Å². The van der Waals surface area contributed by atoms with E-state index in [1.165, 1.54) is 12.1 Å². The number of benzene rings is 1. The maximum Gasteiger partial charge on any atom is 0.416 e. The van der Waals surface area contributed by atoms with Gasteiger partial charge in [-0.3, -0.25) is 0 Å². The van der Waals surface area contributed by atoms with Gasteiger partial charge in [0.25, 0.3) is 0 Å². The van der Waals surface area contributed by atoms with Crippen molar-refractivity contribution in [1.29, 1.82) is 0 Å². The minimum atomic E-state index is -4.31. The number of piperidine rings is 1. The highest BCUT2D eigenvalue weighted by Gasteiger charge is 2.35. The van der Waals surface area contributed by atoms with Gasteiger partial charge in [0, 0.05) is 5.41 Å². The third-order valence-electron chi connectivity index (χ3n) is 3.69. The number of aliphatic hydroxyl groups excluding tert-OH is 1. The second-order valence-electron chi connectivity index (χ2n) is 4.76. The van der Waals surface area contributed by atoms with Gasteiger partial charge < -0.3 is 10.4 Å². The molecule has 1 saturated heterocycles. The fraction of sp³-hybridized carbons (Fsp3) is 0.538. The molecule has 1 aliphatic rings. The van der Waals surface area contributed by atoms with Crippen LogP contribution in [0.5, 0.6) is 0 Å². The molecular weight excluding hydrogens is 243 g/mol. The average molecular weight is 259 g/mol. The zero-order chi connectivity index (χ0) is 13.2. The smallest absolute Gasteiger partial charge is 0.395 e. The van der Waals surface area contributed by atoms with Crippen LogP contribution >= 0.6 is 0 Å². The summed E-state index contributed by atoms with van der Waals surface area (Å²) in [5.74, 6) is 0. The van der Waals surface area contributed by atoms with Crippen LogP contribution in [0.1, 0.15) is 24.0 Å². The molecule has 1 aromatic rings. The fourth-order valence-electron chi connectivity index (χ4n) is 2.46. The van der Waals surface area contributed by atoms with Gasteiger partial charge in [-0.1, -0.05) is 12.1 Å². The van der Waals surface area contributed by atoms with Gasteiger partial charge in [-0.05, 0) is 43.6 Å². The second-order valence-corrected chi connectivity index (χ2v) is 4.76. The third-order valence-corrected chi connectivity index (χ3v) is 3.69. The summed E-state index contributed by atoms with van der Waals surface area (Å²) in [4.78, 5) is 0. The third kappa shape index (κ3) is 2.52. The summed E-state index contributed by atoms with van der Waals surface area (Å²) in [6, 6.07) is 5.16. The molecule has 2 rings (SSSR count). The van der Waals surface area contributed by atoms with Crippen molar-refractivity contribution in [2.24, 2.45) is 0 Å². The van der Waals surface area contributed by atoms with Gasteiger partial charge in [0.15, 0.2) is 0 Å². The molecule has 0 atom stereocenters. The first-order valence-corrected chi connectivity index (χ1v) is 5.97. The summed E-state index contributed by atoms with van der Waals surface area (Å²) in [6.45, 7) is 1.53. The molecule has 1 aromatic carbocycles. The van der Waals surface area contributed by atoms with Crippen molar-refractivity contribution in [3.63, 3.8) is 0 Å². The predicted octanol–water partition coefficient (Wildman–Crippen LogP) is 2.32. The van der Waals surface area contributed by atoms with Gasteiger partial charge in [0.05, 0.1) is 12.2 Å². The highest BCUT2D eigenvalue weighted by Crippen LogP contribution is 2.35. The van der Waals surface area contributed by atoms with Gasteiger partial charge in [-0.2, -0.15) is 13.2 Å². The summed E-state index contributed by atoms with van der Waals surface area (Å²) in [7, 11) is 0. The Hall–Kier alpha value is -1.07. The molecule has 0 aliphatic carbocycles. The topological polar surface area (TPSA) is 32.3 Å². The normalized spacial score (nSPS) is 19.8. The molecule has 0 unspecified atom stereocenters. The van der Waals surface area contributed by atoms with Gasteiger partial charge in [-0.25, -0.2) is 0 Å². The van der Waals surface area contributed by atoms with E-state index >= 15 is 0 Å². The molecule has 2 N–H and O–H groups in total. The van der Waals surface area contributed by atoms with E-state index < -0.39 is 17.2 Å². The standard InChI is InChI=1S/C13H16F3NO/c14-13(15,16)11-3-1-10(2-4-11)12(9-18)5-7-17-8-6-12/h1-4,17-18H,5-9H2. The molecule has 0 amide bonds. The van der Waals surface area contributed by atoms with Crippen LogP contribution in [0.3, 0.4) is 0 Å². The zero-order valence-electron chi connectivity index (χ0n) is 9.93. The lowest BCUT2D eigenvalue weighted by molar-refractivity contribution is -0.137. The maximum atomic E-state index is 12.5. The highest BCUT2D eigenvalue weighted by molar-refractivity contribution is 5.31. The first-order valence-electron chi connectivity index (χ1n) is 5.97. The van der Waals surface area contributed by atoms with E-state index in [9.17, 15) is 18.3 Å². The lowest BCUT2D eigenvalue weighted by Crippen LogP contribution is -2.42. The molecule has 100 valence electrons. The Bertz CT molecular complexity index is 394. The molecule has 1 aliphatic heterocycles. The Morgan fingerprint density at radius 2 is 1.67 bits per heavy atom. The molecule has 1 heterocycles. The number of hydrogen-bond acceptors (Lipinski definition) is 2. The number of halogens is 3. The quantitative estimate of drug-likeness (QED) is 0.854. The van der Waals surface area contributed by atoms with Crippen LogP contribution in [0.2, 0.25) is 0 Å². The first kappa shape index (κ1) is 13.4. The number of alkyl halides is 3. The van der Waals surface area contributed by atoms with Crippen LogP contribution in [0.25, 0.3) is 0 Å². The Balaban J connectivity index is 2.27. The Kier molecular flexibility index (Phi) is 3.64. The van der Waals surface area contributed by atoms with Crippen molar-refractivity contribution in [1.82, 2.24) is 5.32 Å². The molecule has 0 saturated carbocycles. The molecule has 0 bridgehead atoms. The lowest BCUT2D eigenvalue weighted by Gasteiger charge is -2.36. The van der Waals surface area contributed by atoms with Crippen LogP contribution in [0.15, 0.2) is 24.3 Å². The predicted molar refractivity (Wildman–Crippen MR) is 62.3 cm³/mol. The second kappa shape index (κ2) is 4.90. The Morgan fingerprint density at radius 3 is 2.11 bits per heavy atom. The van der Waals surface area contributed by atoms with E-state index in [1.807, 2.05) is 0 Å². The van der Waals surface area contributed by atoms with Crippen molar-refractivity contribution in [2.75, 3.05) is 19.7 Å². The van der Waals surface area contributed by atoms with Crippen molar-refractivity contribution in [3.8, 4) is 0 Å². The van der Waals surface area contributed by atoms with Crippen molar-refractivity contribution in [2.45, 2.75) is 24.4 Å². The summed E-state index contributed by atoms with van der Waals surface area (Å²) in [6.07, 6.45) is -2.82. The molecule has 18 heavy (non-hydrogen) atoms. The number of nitrogens with one attached hydrogen (secondary N) is 1. The van der Waals surface area contributed by atoms with E-state index in [0.717, 1.165) is 43.6 Å². The maximum absolute atomic E-state index is 12.5. The number of rotatable bonds is 2. The SMILES string of the molecule is OCC1(c2ccc(C(F)(F)F)cc2)CCNCC1. The van der Waals surface area contributed by atoms with Crippen LogP contribution in [-0.2, 0) is 11.6 Å². The summed E-state index contributed by atoms with van der Waals surface area (Å²) >= 11 is 0. The van der Waals surface area contributed by atoms with Crippen LogP contribution < -0.4 is 5.32 Å². The monoisotopic (exact) mass is 259 g/mol. The Morgan fingerprint density at radius 1 is 1.11 bits per heavy atom. The van der Waals surface area contributed by atoms with Gasteiger partial charge >= 0.3 is 6.18 Å². The van der Waals surface area contributed by atoms with Crippen LogP contribution in [0, 0.1) is 0 Å². The molecule has 1 fully saturated rings. The van der Waals surface area contributed by atoms with E-state index in [2.05, 4.69) is 5.32 Å².